The molecule has 1 unspecified atom stereocenters. The average molecular weight is 347 g/mol. The van der Waals surface area contributed by atoms with Gasteiger partial charge in [0.05, 0.1) is 17.2 Å². The van der Waals surface area contributed by atoms with Gasteiger partial charge < -0.3 is 9.84 Å². The van der Waals surface area contributed by atoms with Crippen LogP contribution in [0.4, 0.5) is 0 Å². The van der Waals surface area contributed by atoms with Gasteiger partial charge in [0.25, 0.3) is 0 Å². The van der Waals surface area contributed by atoms with Gasteiger partial charge in [0.1, 0.15) is 4.90 Å². The molecule has 1 aromatic rings. The lowest BCUT2D eigenvalue weighted by atomic mass is 9.79. The van der Waals surface area contributed by atoms with Crippen molar-refractivity contribution in [1.29, 1.82) is 0 Å². The summed E-state index contributed by atoms with van der Waals surface area (Å²) in [7, 11) is -3.86. The topological polar surface area (TPSA) is 96.8 Å². The van der Waals surface area contributed by atoms with Crippen molar-refractivity contribution < 1.29 is 23.1 Å². The van der Waals surface area contributed by atoms with Gasteiger partial charge >= 0.3 is 5.97 Å². The zero-order valence-corrected chi connectivity index (χ0v) is 13.2. The van der Waals surface area contributed by atoms with Gasteiger partial charge in [-0.3, -0.25) is 4.98 Å². The molecule has 7 nitrogen and oxygen atoms in total. The third-order valence-electron chi connectivity index (χ3n) is 4.08. The van der Waals surface area contributed by atoms with Crippen molar-refractivity contribution in [2.24, 2.45) is 0 Å². The van der Waals surface area contributed by atoms with E-state index in [0.29, 0.717) is 12.8 Å². The largest absolute Gasteiger partial charge is 0.479 e. The van der Waals surface area contributed by atoms with E-state index in [1.54, 1.807) is 0 Å². The van der Waals surface area contributed by atoms with Crippen molar-refractivity contribution in [3.05, 3.63) is 23.5 Å². The highest BCUT2D eigenvalue weighted by Crippen LogP contribution is 2.41. The van der Waals surface area contributed by atoms with Crippen LogP contribution in [0.1, 0.15) is 19.3 Å². The summed E-state index contributed by atoms with van der Waals surface area (Å²) in [5.41, 5.74) is -0.680. The number of sulfonamides is 1. The number of carbonyl (C=O) groups is 1. The van der Waals surface area contributed by atoms with Crippen LogP contribution in [0.2, 0.25) is 5.02 Å². The Hall–Kier alpha value is -1.22. The van der Waals surface area contributed by atoms with E-state index in [4.69, 9.17) is 16.3 Å². The molecule has 1 N–H and O–H groups in total. The van der Waals surface area contributed by atoms with Gasteiger partial charge in [-0.05, 0) is 25.3 Å². The molecular formula is C13H15ClN2O5S. The Morgan fingerprint density at radius 3 is 2.73 bits per heavy atom. The molecule has 2 aliphatic rings. The zero-order valence-electron chi connectivity index (χ0n) is 11.6. The van der Waals surface area contributed by atoms with Gasteiger partial charge in [-0.2, -0.15) is 4.31 Å². The summed E-state index contributed by atoms with van der Waals surface area (Å²) < 4.78 is 32.2. The van der Waals surface area contributed by atoms with E-state index >= 15 is 0 Å². The predicted molar refractivity (Wildman–Crippen MR) is 77.1 cm³/mol. The number of halogens is 1. The summed E-state index contributed by atoms with van der Waals surface area (Å²) >= 11 is 5.80. The molecule has 1 aromatic heterocycles. The van der Waals surface area contributed by atoms with E-state index in [1.165, 1.54) is 22.8 Å². The van der Waals surface area contributed by atoms with Crippen LogP contribution in [-0.2, 0) is 19.6 Å². The molecule has 1 aliphatic heterocycles. The fourth-order valence-corrected chi connectivity index (χ4v) is 4.53. The molecule has 0 amide bonds. The van der Waals surface area contributed by atoms with Crippen LogP contribution < -0.4 is 0 Å². The fraction of sp³-hybridized carbons (Fsp3) is 0.538. The second-order valence-corrected chi connectivity index (χ2v) is 7.99. The van der Waals surface area contributed by atoms with Crippen molar-refractivity contribution in [1.82, 2.24) is 9.29 Å². The van der Waals surface area contributed by atoms with E-state index in [0.717, 1.165) is 6.42 Å². The fourth-order valence-electron chi connectivity index (χ4n) is 2.79. The molecule has 1 atom stereocenters. The first-order chi connectivity index (χ1) is 10.3. The number of hydrogen-bond acceptors (Lipinski definition) is 5. The summed E-state index contributed by atoms with van der Waals surface area (Å²) in [6, 6.07) is 1.31. The summed E-state index contributed by atoms with van der Waals surface area (Å²) in [5, 5.41) is 9.42. The SMILES string of the molecule is O=C(O)C1CN(S(=O)(=O)c2cncc(Cl)c2)CC2(CCC2)O1. The number of nitrogens with zero attached hydrogens (tertiary/aromatic N) is 2. The molecule has 120 valence electrons. The number of morpholine rings is 1. The Bertz CT molecular complexity index is 704. The first kappa shape index (κ1) is 15.7. The van der Waals surface area contributed by atoms with Gasteiger partial charge in [0.2, 0.25) is 10.0 Å². The van der Waals surface area contributed by atoms with Crippen LogP contribution in [-0.4, -0.2) is 53.6 Å². The van der Waals surface area contributed by atoms with Crippen LogP contribution in [0, 0.1) is 0 Å². The first-order valence-electron chi connectivity index (χ1n) is 6.84. The number of aliphatic carboxylic acids is 1. The Morgan fingerprint density at radius 2 is 2.18 bits per heavy atom. The number of hydrogen-bond donors (Lipinski definition) is 1. The van der Waals surface area contributed by atoms with E-state index in [1.807, 2.05) is 0 Å². The lowest BCUT2D eigenvalue weighted by Gasteiger charge is -2.49. The average Bonchev–Trinajstić information content (AvgIpc) is 2.45. The van der Waals surface area contributed by atoms with Gasteiger partial charge in [0.15, 0.2) is 6.10 Å². The van der Waals surface area contributed by atoms with Crippen LogP contribution in [0.5, 0.6) is 0 Å². The summed E-state index contributed by atoms with van der Waals surface area (Å²) in [4.78, 5) is 15.0. The Balaban J connectivity index is 1.93. The predicted octanol–water partition coefficient (Wildman–Crippen LogP) is 1.13. The molecule has 2 fully saturated rings. The number of carboxylic acids is 1. The Kier molecular flexibility index (Phi) is 3.88. The van der Waals surface area contributed by atoms with E-state index in [-0.39, 0.29) is 23.0 Å². The van der Waals surface area contributed by atoms with Crippen molar-refractivity contribution in [3.63, 3.8) is 0 Å². The van der Waals surface area contributed by atoms with Crippen molar-refractivity contribution >= 4 is 27.6 Å². The maximum Gasteiger partial charge on any atom is 0.334 e. The molecule has 22 heavy (non-hydrogen) atoms. The molecule has 0 bridgehead atoms. The Labute approximate surface area is 132 Å². The second-order valence-electron chi connectivity index (χ2n) is 5.62. The molecule has 1 saturated heterocycles. The van der Waals surface area contributed by atoms with E-state index in [2.05, 4.69) is 4.98 Å². The molecule has 2 heterocycles. The highest BCUT2D eigenvalue weighted by Gasteiger charge is 2.50. The third-order valence-corrected chi connectivity index (χ3v) is 6.07. The minimum absolute atomic E-state index is 0.0412. The minimum Gasteiger partial charge on any atom is -0.479 e. The summed E-state index contributed by atoms with van der Waals surface area (Å²) in [6.45, 7) is -0.0580. The normalized spacial score (nSPS) is 24.9. The maximum atomic E-state index is 12.7. The molecule has 0 aromatic carbocycles. The first-order valence-corrected chi connectivity index (χ1v) is 8.66. The van der Waals surface area contributed by atoms with Gasteiger partial charge in [-0.1, -0.05) is 11.6 Å². The Morgan fingerprint density at radius 1 is 1.45 bits per heavy atom. The number of rotatable bonds is 3. The van der Waals surface area contributed by atoms with Crippen molar-refractivity contribution in [2.75, 3.05) is 13.1 Å². The summed E-state index contributed by atoms with van der Waals surface area (Å²) in [6.07, 6.45) is 3.62. The lowest BCUT2D eigenvalue weighted by molar-refractivity contribution is -0.195. The van der Waals surface area contributed by atoms with Crippen LogP contribution in [0.25, 0.3) is 0 Å². The van der Waals surface area contributed by atoms with Crippen LogP contribution >= 0.6 is 11.6 Å². The van der Waals surface area contributed by atoms with Gasteiger partial charge in [0, 0.05) is 18.9 Å². The zero-order chi connectivity index (χ0) is 16.0. The number of carboxylic acid groups (broad SMARTS) is 1. The number of aromatic nitrogens is 1. The van der Waals surface area contributed by atoms with Crippen LogP contribution in [0.3, 0.4) is 0 Å². The van der Waals surface area contributed by atoms with Gasteiger partial charge in [-0.25, -0.2) is 13.2 Å². The molecule has 9 heteroatoms. The molecule has 0 radical (unpaired) electrons. The van der Waals surface area contributed by atoms with E-state index in [9.17, 15) is 18.3 Å². The third kappa shape index (κ3) is 2.71. The molecular weight excluding hydrogens is 332 g/mol. The molecule has 3 rings (SSSR count). The number of ether oxygens (including phenoxy) is 1. The summed E-state index contributed by atoms with van der Waals surface area (Å²) in [5.74, 6) is -1.16. The quantitative estimate of drug-likeness (QED) is 0.881. The molecule has 1 saturated carbocycles. The smallest absolute Gasteiger partial charge is 0.334 e. The lowest BCUT2D eigenvalue weighted by Crippen LogP contribution is -2.61. The molecule has 1 aliphatic carbocycles. The monoisotopic (exact) mass is 346 g/mol. The van der Waals surface area contributed by atoms with Crippen molar-refractivity contribution in [3.8, 4) is 0 Å². The molecule has 1 spiro atoms. The maximum absolute atomic E-state index is 12.7. The van der Waals surface area contributed by atoms with E-state index < -0.39 is 27.7 Å². The minimum atomic E-state index is -3.86. The highest BCUT2D eigenvalue weighted by molar-refractivity contribution is 7.89. The number of pyridine rings is 1. The second kappa shape index (κ2) is 5.45. The standard InChI is InChI=1S/C13H15ClN2O5S/c14-9-4-10(6-15-5-9)22(19,20)16-7-11(12(17)18)21-13(8-16)2-1-3-13/h4-6,11H,1-3,7-8H2,(H,17,18). The van der Waals surface area contributed by atoms with Crippen molar-refractivity contribution in [2.45, 2.75) is 35.9 Å². The highest BCUT2D eigenvalue weighted by atomic mass is 35.5. The van der Waals surface area contributed by atoms with Crippen LogP contribution in [0.15, 0.2) is 23.4 Å². The van der Waals surface area contributed by atoms with Gasteiger partial charge in [-0.15, -0.1) is 0 Å².